The van der Waals surface area contributed by atoms with E-state index in [1.807, 2.05) is 11.4 Å². The van der Waals surface area contributed by atoms with Crippen LogP contribution in [0.5, 0.6) is 0 Å². The van der Waals surface area contributed by atoms with Gasteiger partial charge in [0.2, 0.25) is 0 Å². The zero-order chi connectivity index (χ0) is 19.6. The Labute approximate surface area is 178 Å². The minimum atomic E-state index is -0.0156. The van der Waals surface area contributed by atoms with Crippen molar-refractivity contribution in [3.8, 4) is 10.4 Å². The van der Waals surface area contributed by atoms with Gasteiger partial charge in [-0.2, -0.15) is 0 Å². The van der Waals surface area contributed by atoms with Crippen LogP contribution < -0.4 is 10.9 Å². The normalized spacial score (nSPS) is 31.6. The van der Waals surface area contributed by atoms with E-state index in [0.29, 0.717) is 5.41 Å². The molecular weight excluding hydrogens is 398 g/mol. The van der Waals surface area contributed by atoms with Gasteiger partial charge in [-0.05, 0) is 80.1 Å². The molecule has 4 saturated carbocycles. The van der Waals surface area contributed by atoms with Crippen LogP contribution in [0.3, 0.4) is 0 Å². The van der Waals surface area contributed by atoms with Crippen molar-refractivity contribution in [2.24, 2.45) is 23.2 Å². The first kappa shape index (κ1) is 18.3. The Morgan fingerprint density at radius 1 is 1.21 bits per heavy atom. The third-order valence-electron chi connectivity index (χ3n) is 7.61. The van der Waals surface area contributed by atoms with Gasteiger partial charge in [0.1, 0.15) is 10.7 Å². The molecule has 3 aromatic rings. The van der Waals surface area contributed by atoms with E-state index in [1.54, 1.807) is 22.7 Å². The first-order valence-electron chi connectivity index (χ1n) is 10.9. The summed E-state index contributed by atoms with van der Waals surface area (Å²) in [5.41, 5.74) is 1.48. The predicted molar refractivity (Wildman–Crippen MR) is 121 cm³/mol. The highest BCUT2D eigenvalue weighted by atomic mass is 32.1. The molecule has 1 atom stereocenters. The van der Waals surface area contributed by atoms with Crippen molar-refractivity contribution in [2.75, 3.05) is 6.54 Å². The van der Waals surface area contributed by atoms with E-state index in [9.17, 15) is 4.79 Å². The number of rotatable bonds is 5. The van der Waals surface area contributed by atoms with Gasteiger partial charge in [0, 0.05) is 22.4 Å². The summed E-state index contributed by atoms with van der Waals surface area (Å²) in [6.07, 6.45) is 8.63. The molecule has 4 fully saturated rings. The lowest BCUT2D eigenvalue weighted by molar-refractivity contribution is -0.0524. The second-order valence-electron chi connectivity index (χ2n) is 9.78. The maximum absolute atomic E-state index is 12.9. The second kappa shape index (κ2) is 6.76. The van der Waals surface area contributed by atoms with Crippen LogP contribution in [0, 0.1) is 23.2 Å². The first-order valence-corrected chi connectivity index (χ1v) is 12.6. The van der Waals surface area contributed by atoms with Crippen molar-refractivity contribution in [3.63, 3.8) is 0 Å². The summed E-state index contributed by atoms with van der Waals surface area (Å²) < 4.78 is 0. The van der Waals surface area contributed by atoms with E-state index in [0.717, 1.165) is 50.8 Å². The van der Waals surface area contributed by atoms with E-state index < -0.39 is 0 Å². The molecule has 4 nitrogen and oxygen atoms in total. The highest BCUT2D eigenvalue weighted by molar-refractivity contribution is 7.18. The number of fused-ring (bicyclic) bond motifs is 1. The largest absolute Gasteiger partial charge is 0.309 e. The Balaban J connectivity index is 1.23. The maximum atomic E-state index is 12.9. The smallest absolute Gasteiger partial charge is 0.260 e. The predicted octanol–water partition coefficient (Wildman–Crippen LogP) is 5.58. The number of nitrogens with one attached hydrogen (secondary N) is 2. The summed E-state index contributed by atoms with van der Waals surface area (Å²) >= 11 is 3.23. The molecule has 2 N–H and O–H groups in total. The second-order valence-corrected chi connectivity index (χ2v) is 11.6. The van der Waals surface area contributed by atoms with Gasteiger partial charge in [0.15, 0.2) is 0 Å². The van der Waals surface area contributed by atoms with Crippen molar-refractivity contribution < 1.29 is 0 Å². The molecule has 4 aliphatic carbocycles. The topological polar surface area (TPSA) is 57.8 Å². The third-order valence-corrected chi connectivity index (χ3v) is 9.38. The summed E-state index contributed by atoms with van der Waals surface area (Å²) in [5, 5.41) is 8.60. The molecule has 3 aromatic heterocycles. The summed E-state index contributed by atoms with van der Waals surface area (Å²) in [6, 6.07) is 4.15. The van der Waals surface area contributed by atoms with E-state index in [2.05, 4.69) is 28.7 Å². The number of aromatic nitrogens is 2. The third kappa shape index (κ3) is 3.11. The zero-order valence-corrected chi connectivity index (χ0v) is 18.4. The molecule has 0 spiro atoms. The standard InChI is InChI=1S/C23H27N3OS2/c1-13(24-12-23-8-14-5-15(9-23)7-16(6-14)10-23)20-25-21(27)19-17(11-29-22(19)26-20)18-3-2-4-28-18/h2-4,11,13-16,24H,5-10,12H2,1H3,(H,25,26,27)/t13-,14?,15?,16?,23?/m0/s1. The molecule has 0 aromatic carbocycles. The van der Waals surface area contributed by atoms with E-state index in [-0.39, 0.29) is 11.6 Å². The lowest BCUT2D eigenvalue weighted by Crippen LogP contribution is -2.50. The van der Waals surface area contributed by atoms with Gasteiger partial charge < -0.3 is 10.3 Å². The lowest BCUT2D eigenvalue weighted by Gasteiger charge is -2.57. The Morgan fingerprint density at radius 2 is 1.93 bits per heavy atom. The van der Waals surface area contributed by atoms with Crippen LogP contribution in [-0.4, -0.2) is 16.5 Å². The molecule has 0 amide bonds. The molecular formula is C23H27N3OS2. The van der Waals surface area contributed by atoms with Gasteiger partial charge >= 0.3 is 0 Å². The molecule has 0 unspecified atom stereocenters. The molecule has 0 saturated heterocycles. The van der Waals surface area contributed by atoms with E-state index >= 15 is 0 Å². The highest BCUT2D eigenvalue weighted by Crippen LogP contribution is 2.59. The monoisotopic (exact) mass is 425 g/mol. The van der Waals surface area contributed by atoms with Crippen LogP contribution in [0.2, 0.25) is 0 Å². The maximum Gasteiger partial charge on any atom is 0.260 e. The Morgan fingerprint density at radius 3 is 2.59 bits per heavy atom. The molecule has 29 heavy (non-hydrogen) atoms. The van der Waals surface area contributed by atoms with E-state index in [4.69, 9.17) is 4.98 Å². The van der Waals surface area contributed by atoms with Crippen LogP contribution in [0.15, 0.2) is 27.7 Å². The number of thiophene rings is 2. The van der Waals surface area contributed by atoms with Crippen LogP contribution >= 0.6 is 22.7 Å². The van der Waals surface area contributed by atoms with Crippen LogP contribution in [0.1, 0.15) is 57.3 Å². The lowest BCUT2D eigenvalue weighted by atomic mass is 9.49. The number of hydrogen-bond donors (Lipinski definition) is 2. The molecule has 3 heterocycles. The fourth-order valence-electron chi connectivity index (χ4n) is 6.76. The van der Waals surface area contributed by atoms with Crippen molar-refractivity contribution >= 4 is 32.9 Å². The van der Waals surface area contributed by atoms with Crippen LogP contribution in [0.4, 0.5) is 0 Å². The van der Waals surface area contributed by atoms with Gasteiger partial charge in [-0.1, -0.05) is 6.07 Å². The zero-order valence-electron chi connectivity index (χ0n) is 16.7. The number of aromatic amines is 1. The first-order chi connectivity index (χ1) is 14.1. The number of nitrogens with zero attached hydrogens (tertiary/aromatic N) is 1. The van der Waals surface area contributed by atoms with E-state index in [1.165, 1.54) is 38.5 Å². The van der Waals surface area contributed by atoms with Crippen molar-refractivity contribution in [1.29, 1.82) is 0 Å². The molecule has 0 radical (unpaired) electrons. The average molecular weight is 426 g/mol. The van der Waals surface area contributed by atoms with Crippen molar-refractivity contribution in [3.05, 3.63) is 39.1 Å². The van der Waals surface area contributed by atoms with Crippen LogP contribution in [-0.2, 0) is 0 Å². The Kier molecular flexibility index (Phi) is 4.26. The van der Waals surface area contributed by atoms with Crippen LogP contribution in [0.25, 0.3) is 20.7 Å². The fraction of sp³-hybridized carbons (Fsp3) is 0.565. The highest BCUT2D eigenvalue weighted by Gasteiger charge is 2.50. The molecule has 152 valence electrons. The quantitative estimate of drug-likeness (QED) is 0.561. The Hall–Kier alpha value is -1.50. The number of hydrogen-bond acceptors (Lipinski definition) is 5. The minimum Gasteiger partial charge on any atom is -0.309 e. The summed E-state index contributed by atoms with van der Waals surface area (Å²) in [4.78, 5) is 22.8. The van der Waals surface area contributed by atoms with Crippen molar-refractivity contribution in [1.82, 2.24) is 15.3 Å². The average Bonchev–Trinajstić information content (AvgIpc) is 3.34. The van der Waals surface area contributed by atoms with Gasteiger partial charge in [-0.15, -0.1) is 22.7 Å². The SMILES string of the molecule is C[C@H](NCC12CC3CC(CC(C3)C1)C2)c1nc2scc(-c3cccs3)c2c(=O)[nH]1. The minimum absolute atomic E-state index is 0.0156. The summed E-state index contributed by atoms with van der Waals surface area (Å²) in [6.45, 7) is 3.20. The van der Waals surface area contributed by atoms with Gasteiger partial charge in [0.25, 0.3) is 5.56 Å². The van der Waals surface area contributed by atoms with Gasteiger partial charge in [-0.25, -0.2) is 4.98 Å². The Bertz CT molecular complexity index is 1060. The summed E-state index contributed by atoms with van der Waals surface area (Å²) in [7, 11) is 0. The molecule has 7 rings (SSSR count). The fourth-order valence-corrected chi connectivity index (χ4v) is 8.53. The van der Waals surface area contributed by atoms with Gasteiger partial charge in [-0.3, -0.25) is 4.79 Å². The van der Waals surface area contributed by atoms with Gasteiger partial charge in [0.05, 0.1) is 11.4 Å². The molecule has 0 aliphatic heterocycles. The van der Waals surface area contributed by atoms with Crippen molar-refractivity contribution in [2.45, 2.75) is 51.5 Å². The number of H-pyrrole nitrogens is 1. The molecule has 4 bridgehead atoms. The summed E-state index contributed by atoms with van der Waals surface area (Å²) in [5.74, 6) is 3.67. The molecule has 6 heteroatoms. The molecule has 4 aliphatic rings.